The molecule has 1 fully saturated rings. The number of amides is 4. The van der Waals surface area contributed by atoms with E-state index in [1.807, 2.05) is 45.0 Å². The predicted octanol–water partition coefficient (Wildman–Crippen LogP) is 3.96. The molecule has 0 aromatic heterocycles. The Bertz CT molecular complexity index is 999. The fraction of sp³-hybridized carbons (Fsp3) is 0.444. The summed E-state index contributed by atoms with van der Waals surface area (Å²) in [4.78, 5) is 40.5. The summed E-state index contributed by atoms with van der Waals surface area (Å²) < 4.78 is 5.16. The Kier molecular flexibility index (Phi) is 9.11. The van der Waals surface area contributed by atoms with Crippen molar-refractivity contribution in [2.45, 2.75) is 52.1 Å². The molecule has 4 amide bonds. The Morgan fingerprint density at radius 1 is 1.00 bits per heavy atom. The van der Waals surface area contributed by atoms with Gasteiger partial charge in [-0.25, -0.2) is 4.79 Å². The van der Waals surface area contributed by atoms with Crippen molar-refractivity contribution in [1.82, 2.24) is 15.5 Å². The van der Waals surface area contributed by atoms with Gasteiger partial charge in [0, 0.05) is 30.4 Å². The maximum absolute atomic E-state index is 13.1. The molecule has 0 spiro atoms. The average Bonchev–Trinajstić information content (AvgIpc) is 2.88. The maximum atomic E-state index is 13.1. The van der Waals surface area contributed by atoms with Gasteiger partial charge in [0.05, 0.1) is 7.11 Å². The second kappa shape index (κ2) is 12.2. The molecule has 2 aromatic rings. The molecule has 2 atom stereocenters. The molecule has 35 heavy (non-hydrogen) atoms. The number of nitrogens with one attached hydrogen (secondary N) is 3. The van der Waals surface area contributed by atoms with Gasteiger partial charge in [-0.2, -0.15) is 0 Å². The minimum Gasteiger partial charge on any atom is -0.497 e. The zero-order chi connectivity index (χ0) is 25.4. The van der Waals surface area contributed by atoms with Gasteiger partial charge in [-0.3, -0.25) is 9.59 Å². The second-order valence-corrected chi connectivity index (χ2v) is 9.12. The topological polar surface area (TPSA) is 99.8 Å². The Hall–Kier alpha value is -3.55. The lowest BCUT2D eigenvalue weighted by molar-refractivity contribution is -0.125. The molecule has 188 valence electrons. The minimum absolute atomic E-state index is 0.00302. The van der Waals surface area contributed by atoms with Crippen molar-refractivity contribution in [2.24, 2.45) is 5.92 Å². The van der Waals surface area contributed by atoms with E-state index in [1.165, 1.54) is 0 Å². The van der Waals surface area contributed by atoms with Gasteiger partial charge in [0.1, 0.15) is 11.8 Å². The van der Waals surface area contributed by atoms with Crippen molar-refractivity contribution in [3.63, 3.8) is 0 Å². The molecule has 1 saturated heterocycles. The second-order valence-electron chi connectivity index (χ2n) is 9.12. The van der Waals surface area contributed by atoms with E-state index >= 15 is 0 Å². The Labute approximate surface area is 207 Å². The summed E-state index contributed by atoms with van der Waals surface area (Å²) in [6, 6.07) is 13.6. The summed E-state index contributed by atoms with van der Waals surface area (Å²) in [6.07, 6.45) is 2.02. The minimum atomic E-state index is -0.680. The van der Waals surface area contributed by atoms with Crippen LogP contribution in [0.5, 0.6) is 5.75 Å². The molecule has 1 heterocycles. The van der Waals surface area contributed by atoms with Crippen LogP contribution in [0.3, 0.4) is 0 Å². The number of hydrogen-bond donors (Lipinski definition) is 3. The number of aryl methyl sites for hydroxylation is 1. The van der Waals surface area contributed by atoms with E-state index in [9.17, 15) is 14.4 Å². The molecular weight excluding hydrogens is 444 g/mol. The van der Waals surface area contributed by atoms with Crippen molar-refractivity contribution >= 4 is 23.5 Å². The Balaban J connectivity index is 1.65. The Morgan fingerprint density at radius 2 is 1.63 bits per heavy atom. The van der Waals surface area contributed by atoms with Crippen LogP contribution in [0.25, 0.3) is 0 Å². The van der Waals surface area contributed by atoms with Gasteiger partial charge in [0.15, 0.2) is 0 Å². The number of likely N-dealkylation sites (tertiary alicyclic amines) is 1. The largest absolute Gasteiger partial charge is 0.497 e. The third-order valence-electron chi connectivity index (χ3n) is 6.52. The summed E-state index contributed by atoms with van der Waals surface area (Å²) in [7, 11) is 1.57. The zero-order valence-corrected chi connectivity index (χ0v) is 21.0. The number of hydrogen-bond acceptors (Lipinski definition) is 4. The highest BCUT2D eigenvalue weighted by molar-refractivity contribution is 5.97. The summed E-state index contributed by atoms with van der Waals surface area (Å²) >= 11 is 0. The molecule has 0 saturated carbocycles. The fourth-order valence-electron chi connectivity index (χ4n) is 4.07. The van der Waals surface area contributed by atoms with Crippen molar-refractivity contribution in [2.75, 3.05) is 25.5 Å². The number of nitrogens with zero attached hydrogens (tertiary/aromatic N) is 1. The van der Waals surface area contributed by atoms with Gasteiger partial charge >= 0.3 is 6.03 Å². The number of piperidine rings is 1. The monoisotopic (exact) mass is 480 g/mol. The van der Waals surface area contributed by atoms with Crippen LogP contribution in [0.1, 0.15) is 49.0 Å². The van der Waals surface area contributed by atoms with Crippen LogP contribution in [-0.4, -0.2) is 55.0 Å². The number of benzene rings is 2. The number of carbonyl (C=O) groups is 3. The van der Waals surface area contributed by atoms with E-state index < -0.39 is 6.04 Å². The first-order valence-electron chi connectivity index (χ1n) is 12.2. The third-order valence-corrected chi connectivity index (χ3v) is 6.52. The van der Waals surface area contributed by atoms with Crippen molar-refractivity contribution < 1.29 is 19.1 Å². The van der Waals surface area contributed by atoms with E-state index in [1.54, 1.807) is 36.3 Å². The molecule has 0 aliphatic carbocycles. The molecule has 0 unspecified atom stereocenters. The first-order valence-corrected chi connectivity index (χ1v) is 12.2. The van der Waals surface area contributed by atoms with Crippen molar-refractivity contribution in [3.8, 4) is 5.75 Å². The van der Waals surface area contributed by atoms with Gasteiger partial charge in [-0.1, -0.05) is 24.6 Å². The van der Waals surface area contributed by atoms with E-state index in [4.69, 9.17) is 4.74 Å². The number of anilines is 1. The van der Waals surface area contributed by atoms with Gasteiger partial charge in [-0.15, -0.1) is 0 Å². The predicted molar refractivity (Wildman–Crippen MR) is 137 cm³/mol. The van der Waals surface area contributed by atoms with Crippen LogP contribution < -0.4 is 20.7 Å². The van der Waals surface area contributed by atoms with E-state index in [0.29, 0.717) is 37.2 Å². The SMILES string of the molecule is CC[C@H](C)NC(=O)[C@@H](NC(=O)c1ccc(OC)cc1)C1CCN(C(=O)Nc2ccc(C)cc2)CC1. The zero-order valence-electron chi connectivity index (χ0n) is 21.0. The van der Waals surface area contributed by atoms with Crippen molar-refractivity contribution in [3.05, 3.63) is 59.7 Å². The van der Waals surface area contributed by atoms with Gasteiger partial charge in [-0.05, 0) is 75.4 Å². The lowest BCUT2D eigenvalue weighted by atomic mass is 9.88. The number of carbonyl (C=O) groups excluding carboxylic acids is 3. The van der Waals surface area contributed by atoms with Crippen LogP contribution in [0.4, 0.5) is 10.5 Å². The molecule has 0 radical (unpaired) electrons. The lowest BCUT2D eigenvalue weighted by Crippen LogP contribution is -2.55. The molecular formula is C27H36N4O4. The van der Waals surface area contributed by atoms with Crippen LogP contribution in [0.15, 0.2) is 48.5 Å². The van der Waals surface area contributed by atoms with E-state index in [-0.39, 0.29) is 29.8 Å². The normalized spacial score (nSPS) is 15.6. The summed E-state index contributed by atoms with van der Waals surface area (Å²) in [5.41, 5.74) is 2.34. The fourth-order valence-corrected chi connectivity index (χ4v) is 4.07. The quantitative estimate of drug-likeness (QED) is 0.532. The highest BCUT2D eigenvalue weighted by atomic mass is 16.5. The first kappa shape index (κ1) is 26.1. The molecule has 1 aliphatic heterocycles. The third kappa shape index (κ3) is 7.21. The first-order chi connectivity index (χ1) is 16.8. The van der Waals surface area contributed by atoms with Crippen molar-refractivity contribution in [1.29, 1.82) is 0 Å². The standard InChI is InChI=1S/C27H36N4O4/c1-5-19(3)28-26(33)24(30-25(32)21-8-12-23(35-4)13-9-21)20-14-16-31(17-15-20)27(34)29-22-10-6-18(2)7-11-22/h6-13,19-20,24H,5,14-17H2,1-4H3,(H,28,33)(H,29,34)(H,30,32)/t19-,24-/m0/s1. The van der Waals surface area contributed by atoms with E-state index in [0.717, 1.165) is 17.7 Å². The highest BCUT2D eigenvalue weighted by Gasteiger charge is 2.34. The summed E-state index contributed by atoms with van der Waals surface area (Å²) in [6.45, 7) is 6.96. The molecule has 0 bridgehead atoms. The highest BCUT2D eigenvalue weighted by Crippen LogP contribution is 2.23. The number of rotatable bonds is 8. The smallest absolute Gasteiger partial charge is 0.321 e. The van der Waals surface area contributed by atoms with Crippen LogP contribution in [-0.2, 0) is 4.79 Å². The summed E-state index contributed by atoms with van der Waals surface area (Å²) in [5, 5.41) is 8.88. The van der Waals surface area contributed by atoms with Gasteiger partial charge in [0.2, 0.25) is 5.91 Å². The molecule has 8 nitrogen and oxygen atoms in total. The van der Waals surface area contributed by atoms with E-state index in [2.05, 4.69) is 16.0 Å². The van der Waals surface area contributed by atoms with Crippen LogP contribution in [0.2, 0.25) is 0 Å². The lowest BCUT2D eigenvalue weighted by Gasteiger charge is -2.36. The average molecular weight is 481 g/mol. The van der Waals surface area contributed by atoms with Gasteiger partial charge in [0.25, 0.3) is 5.91 Å². The molecule has 8 heteroatoms. The Morgan fingerprint density at radius 3 is 2.20 bits per heavy atom. The molecule has 2 aromatic carbocycles. The number of methoxy groups -OCH3 is 1. The van der Waals surface area contributed by atoms with Crippen LogP contribution >= 0.6 is 0 Å². The molecule has 3 rings (SSSR count). The summed E-state index contributed by atoms with van der Waals surface area (Å²) in [5.74, 6) is 0.0776. The van der Waals surface area contributed by atoms with Crippen LogP contribution in [0, 0.1) is 12.8 Å². The number of urea groups is 1. The molecule has 3 N–H and O–H groups in total. The van der Waals surface area contributed by atoms with Gasteiger partial charge < -0.3 is 25.6 Å². The molecule has 1 aliphatic rings. The maximum Gasteiger partial charge on any atom is 0.321 e. The number of ether oxygens (including phenoxy) is 1.